The predicted octanol–water partition coefficient (Wildman–Crippen LogP) is 4.13. The van der Waals surface area contributed by atoms with E-state index in [9.17, 15) is 8.60 Å². The van der Waals surface area contributed by atoms with Crippen LogP contribution in [0, 0.1) is 17.1 Å². The summed E-state index contributed by atoms with van der Waals surface area (Å²) in [5.74, 6) is 0.151. The molecule has 0 saturated heterocycles. The molecule has 4 heteroatoms. The summed E-state index contributed by atoms with van der Waals surface area (Å²) in [6.45, 7) is 4.20. The van der Waals surface area contributed by atoms with Crippen LogP contribution in [0.25, 0.3) is 0 Å². The van der Waals surface area contributed by atoms with Crippen molar-refractivity contribution >= 4 is 10.8 Å². The molecule has 0 spiro atoms. The van der Waals surface area contributed by atoms with E-state index in [4.69, 9.17) is 5.26 Å². The summed E-state index contributed by atoms with van der Waals surface area (Å²) >= 11 is 0. The van der Waals surface area contributed by atoms with Gasteiger partial charge in [0.25, 0.3) is 0 Å². The zero-order valence-electron chi connectivity index (χ0n) is 12.0. The summed E-state index contributed by atoms with van der Waals surface area (Å²) < 4.78 is 25.7. The van der Waals surface area contributed by atoms with Crippen LogP contribution in [0.4, 0.5) is 4.39 Å². The zero-order valence-corrected chi connectivity index (χ0v) is 12.8. The molecule has 0 radical (unpaired) electrons. The Hall–Kier alpha value is -1.99. The number of hydrogen-bond donors (Lipinski definition) is 0. The van der Waals surface area contributed by atoms with Gasteiger partial charge in [0, 0.05) is 4.90 Å². The van der Waals surface area contributed by atoms with Gasteiger partial charge in [-0.15, -0.1) is 0 Å². The van der Waals surface area contributed by atoms with Crippen molar-refractivity contribution in [2.45, 2.75) is 30.4 Å². The van der Waals surface area contributed by atoms with Crippen molar-refractivity contribution < 1.29 is 8.60 Å². The molecule has 108 valence electrons. The van der Waals surface area contributed by atoms with E-state index in [0.717, 1.165) is 0 Å². The Balaban J connectivity index is 2.18. The van der Waals surface area contributed by atoms with Crippen LogP contribution >= 0.6 is 0 Å². The maximum Gasteiger partial charge on any atom is 0.124 e. The molecular weight excluding hydrogens is 285 g/mol. The summed E-state index contributed by atoms with van der Waals surface area (Å²) in [4.78, 5) is 0.710. The van der Waals surface area contributed by atoms with Gasteiger partial charge in [-0.25, -0.2) is 4.39 Å². The van der Waals surface area contributed by atoms with Gasteiger partial charge in [0.05, 0.1) is 28.2 Å². The standard InChI is InChI=1S/C17H16FNOS/c1-12(2)15-3-5-17(6-4-15)21(20)11-14-7-13(10-19)8-16(18)9-14/h3-9,12H,11H2,1-2H3. The SMILES string of the molecule is CC(C)c1ccc(S(=O)Cc2cc(F)cc(C#N)c2)cc1. The largest absolute Gasteiger partial charge is 0.254 e. The van der Waals surface area contributed by atoms with Crippen molar-refractivity contribution in [3.8, 4) is 6.07 Å². The maximum absolute atomic E-state index is 13.4. The van der Waals surface area contributed by atoms with E-state index in [2.05, 4.69) is 13.8 Å². The van der Waals surface area contributed by atoms with Gasteiger partial charge >= 0.3 is 0 Å². The molecule has 0 amide bonds. The van der Waals surface area contributed by atoms with Gasteiger partial charge in [0.1, 0.15) is 5.82 Å². The van der Waals surface area contributed by atoms with Crippen LogP contribution in [0.3, 0.4) is 0 Å². The predicted molar refractivity (Wildman–Crippen MR) is 81.8 cm³/mol. The Kier molecular flexibility index (Phi) is 4.87. The molecule has 0 bridgehead atoms. The van der Waals surface area contributed by atoms with E-state index < -0.39 is 16.6 Å². The second-order valence-electron chi connectivity index (χ2n) is 5.17. The molecular formula is C17H16FNOS. The van der Waals surface area contributed by atoms with Crippen LogP contribution in [0.15, 0.2) is 47.4 Å². The third kappa shape index (κ3) is 3.99. The zero-order chi connectivity index (χ0) is 15.4. The molecule has 0 N–H and O–H groups in total. The normalized spacial score (nSPS) is 12.1. The molecule has 1 atom stereocenters. The molecule has 21 heavy (non-hydrogen) atoms. The summed E-state index contributed by atoms with van der Waals surface area (Å²) in [7, 11) is -1.25. The lowest BCUT2D eigenvalue weighted by Crippen LogP contribution is -1.98. The van der Waals surface area contributed by atoms with E-state index in [1.165, 1.54) is 17.7 Å². The number of nitrogens with zero attached hydrogens (tertiary/aromatic N) is 1. The van der Waals surface area contributed by atoms with Gasteiger partial charge in [-0.3, -0.25) is 4.21 Å². The van der Waals surface area contributed by atoms with Gasteiger partial charge in [0.2, 0.25) is 0 Å². The Morgan fingerprint density at radius 2 is 1.86 bits per heavy atom. The summed E-state index contributed by atoms with van der Waals surface area (Å²) in [5, 5.41) is 8.83. The van der Waals surface area contributed by atoms with Crippen molar-refractivity contribution in [1.29, 1.82) is 5.26 Å². The molecule has 0 aliphatic heterocycles. The Morgan fingerprint density at radius 3 is 2.43 bits per heavy atom. The van der Waals surface area contributed by atoms with Gasteiger partial charge in [-0.2, -0.15) is 5.26 Å². The molecule has 1 unspecified atom stereocenters. The van der Waals surface area contributed by atoms with E-state index in [-0.39, 0.29) is 11.3 Å². The summed E-state index contributed by atoms with van der Waals surface area (Å²) in [6.07, 6.45) is 0. The molecule has 0 saturated carbocycles. The fourth-order valence-electron chi connectivity index (χ4n) is 2.04. The molecule has 2 aromatic rings. The highest BCUT2D eigenvalue weighted by molar-refractivity contribution is 7.84. The third-order valence-electron chi connectivity index (χ3n) is 3.19. The van der Waals surface area contributed by atoms with Gasteiger partial charge in [0.15, 0.2) is 0 Å². The number of halogens is 1. The summed E-state index contributed by atoms with van der Waals surface area (Å²) in [6, 6.07) is 13.6. The highest BCUT2D eigenvalue weighted by Crippen LogP contribution is 2.19. The van der Waals surface area contributed by atoms with Crippen LogP contribution in [0.2, 0.25) is 0 Å². The lowest BCUT2D eigenvalue weighted by atomic mass is 10.0. The first-order chi connectivity index (χ1) is 9.99. The summed E-state index contributed by atoms with van der Waals surface area (Å²) in [5.41, 5.74) is 2.00. The topological polar surface area (TPSA) is 40.9 Å². The molecule has 2 aromatic carbocycles. The molecule has 0 aliphatic carbocycles. The highest BCUT2D eigenvalue weighted by atomic mass is 32.2. The average molecular weight is 301 g/mol. The number of nitriles is 1. The quantitative estimate of drug-likeness (QED) is 0.852. The molecule has 0 heterocycles. The third-order valence-corrected chi connectivity index (χ3v) is 4.59. The van der Waals surface area contributed by atoms with E-state index >= 15 is 0 Å². The lowest BCUT2D eigenvalue weighted by molar-refractivity contribution is 0.625. The van der Waals surface area contributed by atoms with Gasteiger partial charge < -0.3 is 0 Å². The highest BCUT2D eigenvalue weighted by Gasteiger charge is 2.08. The molecule has 0 aromatic heterocycles. The fraction of sp³-hybridized carbons (Fsp3) is 0.235. The van der Waals surface area contributed by atoms with Gasteiger partial charge in [-0.05, 0) is 47.4 Å². The Bertz CT molecular complexity index is 702. The van der Waals surface area contributed by atoms with E-state index in [1.807, 2.05) is 30.3 Å². The minimum atomic E-state index is -1.25. The minimum absolute atomic E-state index is 0.202. The Labute approximate surface area is 126 Å². The van der Waals surface area contributed by atoms with Crippen molar-refractivity contribution in [3.63, 3.8) is 0 Å². The first kappa shape index (κ1) is 15.4. The molecule has 2 rings (SSSR count). The molecule has 2 nitrogen and oxygen atoms in total. The number of rotatable bonds is 4. The van der Waals surface area contributed by atoms with Crippen LogP contribution < -0.4 is 0 Å². The van der Waals surface area contributed by atoms with Crippen molar-refractivity contribution in [3.05, 3.63) is 65.0 Å². The van der Waals surface area contributed by atoms with Crippen molar-refractivity contribution in [2.24, 2.45) is 0 Å². The minimum Gasteiger partial charge on any atom is -0.254 e. The monoisotopic (exact) mass is 301 g/mol. The smallest absolute Gasteiger partial charge is 0.124 e. The Morgan fingerprint density at radius 1 is 1.19 bits per heavy atom. The lowest BCUT2D eigenvalue weighted by Gasteiger charge is -2.07. The second-order valence-corrected chi connectivity index (χ2v) is 6.62. The first-order valence-electron chi connectivity index (χ1n) is 6.67. The second kappa shape index (κ2) is 6.64. The number of hydrogen-bond acceptors (Lipinski definition) is 2. The molecule has 0 fully saturated rings. The van der Waals surface area contributed by atoms with E-state index in [1.54, 1.807) is 6.07 Å². The van der Waals surface area contributed by atoms with Crippen molar-refractivity contribution in [2.75, 3.05) is 0 Å². The van der Waals surface area contributed by atoms with E-state index in [0.29, 0.717) is 16.4 Å². The van der Waals surface area contributed by atoms with Crippen molar-refractivity contribution in [1.82, 2.24) is 0 Å². The number of benzene rings is 2. The van der Waals surface area contributed by atoms with Crippen LogP contribution in [-0.2, 0) is 16.6 Å². The van der Waals surface area contributed by atoms with Crippen LogP contribution in [0.1, 0.15) is 36.5 Å². The van der Waals surface area contributed by atoms with Gasteiger partial charge in [-0.1, -0.05) is 26.0 Å². The first-order valence-corrected chi connectivity index (χ1v) is 7.99. The molecule has 0 aliphatic rings. The average Bonchev–Trinajstić information content (AvgIpc) is 2.46. The maximum atomic E-state index is 13.4. The fourth-order valence-corrected chi connectivity index (χ4v) is 3.11. The van der Waals surface area contributed by atoms with Crippen LogP contribution in [0.5, 0.6) is 0 Å². The van der Waals surface area contributed by atoms with Crippen LogP contribution in [-0.4, -0.2) is 4.21 Å².